The topological polar surface area (TPSA) is 37.8 Å². The fourth-order valence-corrected chi connectivity index (χ4v) is 3.47. The molecule has 5 nitrogen and oxygen atoms in total. The van der Waals surface area contributed by atoms with E-state index in [1.54, 1.807) is 18.4 Å². The predicted octanol–water partition coefficient (Wildman–Crippen LogP) is 2.66. The first kappa shape index (κ1) is 16.1. The molecule has 1 aromatic carbocycles. The van der Waals surface area contributed by atoms with Crippen LogP contribution in [0.15, 0.2) is 29.6 Å². The van der Waals surface area contributed by atoms with Gasteiger partial charge in [-0.05, 0) is 31.2 Å². The highest BCUT2D eigenvalue weighted by Gasteiger charge is 2.18. The molecule has 0 unspecified atom stereocenters. The average molecular weight is 333 g/mol. The van der Waals surface area contributed by atoms with E-state index in [1.807, 2.05) is 31.2 Å². The predicted molar refractivity (Wildman–Crippen MR) is 94.0 cm³/mol. The molecule has 6 heteroatoms. The molecule has 0 spiro atoms. The summed E-state index contributed by atoms with van der Waals surface area (Å²) in [6.45, 7) is 7.91. The van der Waals surface area contributed by atoms with Crippen LogP contribution in [0, 0.1) is 6.92 Å². The fourth-order valence-electron chi connectivity index (χ4n) is 2.61. The average Bonchev–Trinajstić information content (AvgIpc) is 3.03. The van der Waals surface area contributed by atoms with E-state index >= 15 is 0 Å². The number of benzene rings is 1. The molecule has 23 heavy (non-hydrogen) atoms. The molecule has 0 bridgehead atoms. The van der Waals surface area contributed by atoms with Crippen LogP contribution in [-0.2, 0) is 0 Å². The van der Waals surface area contributed by atoms with Crippen LogP contribution >= 0.6 is 11.3 Å². The number of aryl methyl sites for hydroxylation is 1. The van der Waals surface area contributed by atoms with Gasteiger partial charge in [-0.2, -0.15) is 0 Å². The number of aromatic nitrogens is 1. The number of rotatable bonds is 6. The molecule has 124 valence electrons. The Balaban J connectivity index is 1.39. The Bertz CT molecular complexity index is 607. The zero-order chi connectivity index (χ0) is 16.1. The Kier molecular flexibility index (Phi) is 5.35. The lowest BCUT2D eigenvalue weighted by Crippen LogP contribution is -2.47. The molecular weight excluding hydrogens is 310 g/mol. The van der Waals surface area contributed by atoms with E-state index in [9.17, 15) is 0 Å². The van der Waals surface area contributed by atoms with Gasteiger partial charge in [0.15, 0.2) is 5.13 Å². The van der Waals surface area contributed by atoms with Gasteiger partial charge in [-0.1, -0.05) is 0 Å². The molecule has 1 aliphatic heterocycles. The van der Waals surface area contributed by atoms with Crippen LogP contribution in [0.25, 0.3) is 0 Å². The van der Waals surface area contributed by atoms with E-state index in [-0.39, 0.29) is 0 Å². The lowest BCUT2D eigenvalue weighted by molar-refractivity contribution is 0.200. The molecule has 2 heterocycles. The normalized spacial score (nSPS) is 15.7. The minimum atomic E-state index is 0.711. The van der Waals surface area contributed by atoms with Gasteiger partial charge in [-0.3, -0.25) is 4.90 Å². The van der Waals surface area contributed by atoms with Crippen LogP contribution in [0.2, 0.25) is 0 Å². The highest BCUT2D eigenvalue weighted by Crippen LogP contribution is 2.21. The first-order valence-corrected chi connectivity index (χ1v) is 8.79. The minimum absolute atomic E-state index is 0.711. The van der Waals surface area contributed by atoms with Gasteiger partial charge in [0.2, 0.25) is 0 Å². The molecule has 1 saturated heterocycles. The smallest absolute Gasteiger partial charge is 0.185 e. The summed E-state index contributed by atoms with van der Waals surface area (Å²) in [6, 6.07) is 7.73. The van der Waals surface area contributed by atoms with Crippen LogP contribution in [0.1, 0.15) is 5.69 Å². The third-order valence-electron chi connectivity index (χ3n) is 3.99. The van der Waals surface area contributed by atoms with Gasteiger partial charge in [0.1, 0.15) is 18.1 Å². The maximum absolute atomic E-state index is 5.80. The first-order valence-electron chi connectivity index (χ1n) is 7.91. The van der Waals surface area contributed by atoms with Crippen molar-refractivity contribution in [2.45, 2.75) is 6.92 Å². The van der Waals surface area contributed by atoms with Crippen molar-refractivity contribution in [1.82, 2.24) is 9.88 Å². The molecule has 0 radical (unpaired) electrons. The van der Waals surface area contributed by atoms with Crippen molar-refractivity contribution >= 4 is 16.5 Å². The number of hydrogen-bond acceptors (Lipinski definition) is 6. The van der Waals surface area contributed by atoms with Crippen LogP contribution < -0.4 is 14.4 Å². The van der Waals surface area contributed by atoms with Gasteiger partial charge < -0.3 is 14.4 Å². The van der Waals surface area contributed by atoms with Crippen LogP contribution in [0.4, 0.5) is 5.13 Å². The number of thiazole rings is 1. The van der Waals surface area contributed by atoms with Gasteiger partial charge in [-0.15, -0.1) is 11.3 Å². The molecule has 0 saturated carbocycles. The van der Waals surface area contributed by atoms with Gasteiger partial charge in [0.25, 0.3) is 0 Å². The second kappa shape index (κ2) is 7.66. The third kappa shape index (κ3) is 4.36. The fraction of sp³-hybridized carbons (Fsp3) is 0.471. The lowest BCUT2D eigenvalue weighted by atomic mass is 10.3. The van der Waals surface area contributed by atoms with E-state index in [4.69, 9.17) is 9.47 Å². The maximum Gasteiger partial charge on any atom is 0.185 e. The second-order valence-corrected chi connectivity index (χ2v) is 6.46. The summed E-state index contributed by atoms with van der Waals surface area (Å²) < 4.78 is 10.9. The summed E-state index contributed by atoms with van der Waals surface area (Å²) >= 11 is 1.74. The zero-order valence-corrected chi connectivity index (χ0v) is 14.5. The van der Waals surface area contributed by atoms with Crippen LogP contribution in [0.5, 0.6) is 11.5 Å². The van der Waals surface area contributed by atoms with Crippen molar-refractivity contribution in [1.29, 1.82) is 0 Å². The highest BCUT2D eigenvalue weighted by atomic mass is 32.1. The summed E-state index contributed by atoms with van der Waals surface area (Å²) in [6.07, 6.45) is 0. The van der Waals surface area contributed by atoms with E-state index in [1.165, 1.54) is 0 Å². The van der Waals surface area contributed by atoms with Crippen LogP contribution in [-0.4, -0.2) is 56.3 Å². The molecule has 2 aromatic rings. The summed E-state index contributed by atoms with van der Waals surface area (Å²) in [4.78, 5) is 9.38. The maximum atomic E-state index is 5.80. The second-order valence-electron chi connectivity index (χ2n) is 5.62. The monoisotopic (exact) mass is 333 g/mol. The van der Waals surface area contributed by atoms with Gasteiger partial charge in [0, 0.05) is 38.1 Å². The van der Waals surface area contributed by atoms with Crippen LogP contribution in [0.3, 0.4) is 0 Å². The molecule has 1 aromatic heterocycles. The standard InChI is InChI=1S/C17H23N3O2S/c1-14-13-23-17(18-14)20-9-7-19(8-10-20)11-12-22-16-5-3-15(21-2)4-6-16/h3-6,13H,7-12H2,1-2H3. The van der Waals surface area contributed by atoms with Gasteiger partial charge in [0.05, 0.1) is 12.8 Å². The van der Waals surface area contributed by atoms with E-state index in [0.29, 0.717) is 6.61 Å². The molecular formula is C17H23N3O2S. The minimum Gasteiger partial charge on any atom is -0.497 e. The highest BCUT2D eigenvalue weighted by molar-refractivity contribution is 7.13. The Labute approximate surface area is 141 Å². The molecule has 0 amide bonds. The van der Waals surface area contributed by atoms with Crippen molar-refractivity contribution in [3.63, 3.8) is 0 Å². The number of anilines is 1. The van der Waals surface area contributed by atoms with Crippen molar-refractivity contribution in [3.05, 3.63) is 35.3 Å². The van der Waals surface area contributed by atoms with Crippen molar-refractivity contribution in [2.24, 2.45) is 0 Å². The number of piperazine rings is 1. The number of hydrogen-bond donors (Lipinski definition) is 0. The number of nitrogens with zero attached hydrogens (tertiary/aromatic N) is 3. The first-order chi connectivity index (χ1) is 11.2. The third-order valence-corrected chi connectivity index (χ3v) is 5.00. The number of ether oxygens (including phenoxy) is 2. The molecule has 0 aliphatic carbocycles. The Morgan fingerprint density at radius 1 is 1.09 bits per heavy atom. The summed E-state index contributed by atoms with van der Waals surface area (Å²) in [5.74, 6) is 1.74. The van der Waals surface area contributed by atoms with E-state index in [0.717, 1.165) is 55.0 Å². The zero-order valence-electron chi connectivity index (χ0n) is 13.7. The molecule has 1 fully saturated rings. The summed E-state index contributed by atoms with van der Waals surface area (Å²) in [7, 11) is 1.67. The molecule has 0 N–H and O–H groups in total. The van der Waals surface area contributed by atoms with Crippen molar-refractivity contribution < 1.29 is 9.47 Å². The summed E-state index contributed by atoms with van der Waals surface area (Å²) in [5.41, 5.74) is 1.11. The quantitative estimate of drug-likeness (QED) is 0.812. The van der Waals surface area contributed by atoms with Crippen molar-refractivity contribution in [2.75, 3.05) is 51.3 Å². The molecule has 1 aliphatic rings. The molecule has 0 atom stereocenters. The lowest BCUT2D eigenvalue weighted by Gasteiger charge is -2.34. The van der Waals surface area contributed by atoms with Gasteiger partial charge >= 0.3 is 0 Å². The Morgan fingerprint density at radius 3 is 2.39 bits per heavy atom. The Hall–Kier alpha value is -1.79. The largest absolute Gasteiger partial charge is 0.497 e. The number of methoxy groups -OCH3 is 1. The van der Waals surface area contributed by atoms with Crippen molar-refractivity contribution in [3.8, 4) is 11.5 Å². The van der Waals surface area contributed by atoms with E-state index < -0.39 is 0 Å². The SMILES string of the molecule is COc1ccc(OCCN2CCN(c3nc(C)cs3)CC2)cc1. The molecule has 3 rings (SSSR count). The Morgan fingerprint density at radius 2 is 1.78 bits per heavy atom. The van der Waals surface area contributed by atoms with Gasteiger partial charge in [-0.25, -0.2) is 4.98 Å². The van der Waals surface area contributed by atoms with E-state index in [2.05, 4.69) is 20.2 Å². The summed E-state index contributed by atoms with van der Waals surface area (Å²) in [5, 5.41) is 3.27.